The average Bonchev–Trinajstić information content (AvgIpc) is 2.30. The molecule has 16 heavy (non-hydrogen) atoms. The molecule has 0 radical (unpaired) electrons. The summed E-state index contributed by atoms with van der Waals surface area (Å²) in [7, 11) is 5.22. The Morgan fingerprint density at radius 2 is 1.94 bits per heavy atom. The van der Waals surface area contributed by atoms with Gasteiger partial charge in [-0.1, -0.05) is 6.58 Å². The summed E-state index contributed by atoms with van der Waals surface area (Å²) in [6, 6.07) is 4.10. The number of ether oxygens (including phenoxy) is 2. The maximum Gasteiger partial charge on any atom is 0.161 e. The van der Waals surface area contributed by atoms with Gasteiger partial charge in [0.2, 0.25) is 0 Å². The molecule has 1 aromatic rings. The smallest absolute Gasteiger partial charge is 0.161 e. The Bertz CT molecular complexity index is 426. The maximum atomic E-state index is 5.29. The number of benzene rings is 1. The van der Waals surface area contributed by atoms with Gasteiger partial charge >= 0.3 is 0 Å². The second-order valence-electron chi connectivity index (χ2n) is 3.94. The first kappa shape index (κ1) is 10.9. The van der Waals surface area contributed by atoms with Crippen LogP contribution in [0.3, 0.4) is 0 Å². The van der Waals surface area contributed by atoms with Gasteiger partial charge in [-0.25, -0.2) is 0 Å². The van der Waals surface area contributed by atoms with Crippen LogP contribution in [0.15, 0.2) is 24.4 Å². The van der Waals surface area contributed by atoms with Gasteiger partial charge in [-0.15, -0.1) is 0 Å². The van der Waals surface area contributed by atoms with Gasteiger partial charge in [0.1, 0.15) is 0 Å². The van der Waals surface area contributed by atoms with E-state index >= 15 is 0 Å². The second kappa shape index (κ2) is 4.08. The van der Waals surface area contributed by atoms with Crippen molar-refractivity contribution in [2.45, 2.75) is 12.3 Å². The highest BCUT2D eigenvalue weighted by molar-refractivity contribution is 5.55. The van der Waals surface area contributed by atoms with Crippen LogP contribution in [0, 0.1) is 0 Å². The Morgan fingerprint density at radius 3 is 2.50 bits per heavy atom. The molecule has 1 atom stereocenters. The fourth-order valence-corrected chi connectivity index (χ4v) is 2.12. The van der Waals surface area contributed by atoms with Crippen molar-refractivity contribution in [3.05, 3.63) is 35.5 Å². The van der Waals surface area contributed by atoms with Gasteiger partial charge < -0.3 is 14.8 Å². The zero-order valence-corrected chi connectivity index (χ0v) is 9.96. The van der Waals surface area contributed by atoms with Crippen LogP contribution < -0.4 is 14.8 Å². The van der Waals surface area contributed by atoms with Crippen molar-refractivity contribution in [2.75, 3.05) is 21.3 Å². The summed E-state index contributed by atoms with van der Waals surface area (Å²) in [5, 5.41) is 3.11. The monoisotopic (exact) mass is 219 g/mol. The van der Waals surface area contributed by atoms with Crippen LogP contribution in [0.2, 0.25) is 0 Å². The van der Waals surface area contributed by atoms with Crippen molar-refractivity contribution in [2.24, 2.45) is 0 Å². The molecular formula is C13H17NO2. The molecule has 0 fully saturated rings. The molecule has 1 N–H and O–H groups in total. The lowest BCUT2D eigenvalue weighted by Gasteiger charge is -2.32. The van der Waals surface area contributed by atoms with Crippen LogP contribution in [-0.4, -0.2) is 21.3 Å². The zero-order chi connectivity index (χ0) is 11.7. The minimum absolute atomic E-state index is 0.403. The minimum Gasteiger partial charge on any atom is -0.493 e. The highest BCUT2D eigenvalue weighted by Crippen LogP contribution is 2.44. The maximum absolute atomic E-state index is 5.29. The normalized spacial score (nSPS) is 17.1. The van der Waals surface area contributed by atoms with E-state index in [9.17, 15) is 0 Å². The topological polar surface area (TPSA) is 30.5 Å². The van der Waals surface area contributed by atoms with Gasteiger partial charge in [-0.3, -0.25) is 0 Å². The summed E-state index contributed by atoms with van der Waals surface area (Å²) in [4.78, 5) is 0. The van der Waals surface area contributed by atoms with Gasteiger partial charge in [0.25, 0.3) is 0 Å². The molecular weight excluding hydrogens is 202 g/mol. The van der Waals surface area contributed by atoms with Crippen molar-refractivity contribution in [1.29, 1.82) is 0 Å². The van der Waals surface area contributed by atoms with E-state index in [4.69, 9.17) is 9.47 Å². The summed E-state index contributed by atoms with van der Waals surface area (Å²) in [5.41, 5.74) is 3.66. The van der Waals surface area contributed by atoms with Crippen molar-refractivity contribution >= 4 is 0 Å². The van der Waals surface area contributed by atoms with Crippen LogP contribution in [0.5, 0.6) is 11.5 Å². The molecule has 0 aromatic heterocycles. The molecule has 0 unspecified atom stereocenters. The summed E-state index contributed by atoms with van der Waals surface area (Å²) in [6.07, 6.45) is 1.02. The van der Waals surface area contributed by atoms with Crippen LogP contribution in [0.1, 0.15) is 17.0 Å². The fourth-order valence-electron chi connectivity index (χ4n) is 2.12. The number of fused-ring (bicyclic) bond motifs is 1. The molecule has 86 valence electrons. The predicted octanol–water partition coefficient (Wildman–Crippen LogP) is 2.08. The van der Waals surface area contributed by atoms with E-state index in [-0.39, 0.29) is 0 Å². The van der Waals surface area contributed by atoms with E-state index in [1.807, 2.05) is 19.2 Å². The number of methoxy groups -OCH3 is 2. The molecule has 2 rings (SSSR count). The third kappa shape index (κ3) is 1.52. The Kier molecular flexibility index (Phi) is 2.77. The number of likely N-dealkylation sites (N-methyl/N-ethyl adjacent to an activating group) is 1. The fraction of sp³-hybridized carbons (Fsp3) is 0.385. The lowest BCUT2D eigenvalue weighted by atomic mass is 9.75. The van der Waals surface area contributed by atoms with E-state index in [0.717, 1.165) is 23.6 Å². The number of allylic oxidation sites excluding steroid dienone is 1. The molecule has 0 heterocycles. The van der Waals surface area contributed by atoms with Gasteiger partial charge in [0.05, 0.1) is 14.2 Å². The molecule has 0 aliphatic heterocycles. The van der Waals surface area contributed by atoms with E-state index in [2.05, 4.69) is 11.9 Å². The first-order chi connectivity index (χ1) is 7.71. The van der Waals surface area contributed by atoms with Gasteiger partial charge in [-0.2, -0.15) is 0 Å². The van der Waals surface area contributed by atoms with E-state index < -0.39 is 0 Å². The molecule has 0 saturated carbocycles. The minimum atomic E-state index is 0.403. The van der Waals surface area contributed by atoms with Crippen LogP contribution >= 0.6 is 0 Å². The molecule has 0 spiro atoms. The first-order valence-corrected chi connectivity index (χ1v) is 5.32. The Labute approximate surface area is 96.1 Å². The number of rotatable bonds is 4. The Morgan fingerprint density at radius 1 is 1.31 bits per heavy atom. The molecule has 0 amide bonds. The molecule has 1 aliphatic rings. The van der Waals surface area contributed by atoms with Crippen molar-refractivity contribution in [3.8, 4) is 11.5 Å². The van der Waals surface area contributed by atoms with Crippen LogP contribution in [0.25, 0.3) is 0 Å². The zero-order valence-electron chi connectivity index (χ0n) is 9.96. The lowest BCUT2D eigenvalue weighted by Crippen LogP contribution is -2.24. The standard InChI is InChI=1S/C13H17NO2/c1-8(14-2)10-5-9-6-12(15-3)13(16-4)7-11(9)10/h6-7,10,14H,1,5H2,2-4H3/t10-/m1/s1. The van der Waals surface area contributed by atoms with E-state index in [1.165, 1.54) is 11.1 Å². The lowest BCUT2D eigenvalue weighted by molar-refractivity contribution is 0.352. The quantitative estimate of drug-likeness (QED) is 0.841. The molecule has 0 saturated heterocycles. The summed E-state index contributed by atoms with van der Waals surface area (Å²) < 4.78 is 10.6. The number of nitrogens with one attached hydrogen (secondary N) is 1. The highest BCUT2D eigenvalue weighted by atomic mass is 16.5. The third-order valence-electron chi connectivity index (χ3n) is 3.19. The molecule has 3 nitrogen and oxygen atoms in total. The van der Waals surface area contributed by atoms with Crippen molar-refractivity contribution < 1.29 is 9.47 Å². The SMILES string of the molecule is C=C(NC)[C@H]1Cc2cc(OC)c(OC)cc21. The molecule has 1 aromatic carbocycles. The third-order valence-corrected chi connectivity index (χ3v) is 3.19. The molecule has 3 heteroatoms. The van der Waals surface area contributed by atoms with Crippen molar-refractivity contribution in [1.82, 2.24) is 5.32 Å². The van der Waals surface area contributed by atoms with Gasteiger partial charge in [0.15, 0.2) is 11.5 Å². The summed E-state index contributed by atoms with van der Waals surface area (Å²) >= 11 is 0. The second-order valence-corrected chi connectivity index (χ2v) is 3.94. The largest absolute Gasteiger partial charge is 0.493 e. The number of hydrogen-bond donors (Lipinski definition) is 1. The molecule has 0 bridgehead atoms. The summed E-state index contributed by atoms with van der Waals surface area (Å²) in [5.74, 6) is 1.99. The van der Waals surface area contributed by atoms with E-state index in [1.54, 1.807) is 14.2 Å². The Balaban J connectivity index is 2.34. The molecule has 1 aliphatic carbocycles. The van der Waals surface area contributed by atoms with E-state index in [0.29, 0.717) is 5.92 Å². The van der Waals surface area contributed by atoms with Gasteiger partial charge in [0, 0.05) is 18.7 Å². The van der Waals surface area contributed by atoms with Crippen LogP contribution in [-0.2, 0) is 6.42 Å². The highest BCUT2D eigenvalue weighted by Gasteiger charge is 2.30. The number of hydrogen-bond acceptors (Lipinski definition) is 3. The van der Waals surface area contributed by atoms with Crippen molar-refractivity contribution in [3.63, 3.8) is 0 Å². The Hall–Kier alpha value is -1.64. The predicted molar refractivity (Wildman–Crippen MR) is 64.2 cm³/mol. The first-order valence-electron chi connectivity index (χ1n) is 5.32. The van der Waals surface area contributed by atoms with Gasteiger partial charge in [-0.05, 0) is 29.7 Å². The van der Waals surface area contributed by atoms with Crippen LogP contribution in [0.4, 0.5) is 0 Å². The summed E-state index contributed by atoms with van der Waals surface area (Å²) in [6.45, 7) is 4.01. The average molecular weight is 219 g/mol.